The third-order valence-corrected chi connectivity index (χ3v) is 7.67. The van der Waals surface area contributed by atoms with Gasteiger partial charge in [-0.1, -0.05) is 6.92 Å². The molecule has 2 saturated heterocycles. The van der Waals surface area contributed by atoms with Crippen LogP contribution in [0.2, 0.25) is 0 Å². The quantitative estimate of drug-likeness (QED) is 0.480. The fourth-order valence-corrected chi connectivity index (χ4v) is 6.01. The summed E-state index contributed by atoms with van der Waals surface area (Å²) >= 11 is 0. The lowest BCUT2D eigenvalue weighted by Crippen LogP contribution is -2.50. The van der Waals surface area contributed by atoms with E-state index in [0.29, 0.717) is 37.3 Å². The van der Waals surface area contributed by atoms with Crippen molar-refractivity contribution in [1.82, 2.24) is 21.4 Å². The van der Waals surface area contributed by atoms with E-state index >= 15 is 0 Å². The van der Waals surface area contributed by atoms with E-state index in [2.05, 4.69) is 28.4 Å². The van der Waals surface area contributed by atoms with Crippen LogP contribution in [0.1, 0.15) is 65.2 Å². The van der Waals surface area contributed by atoms with Crippen LogP contribution in [-0.4, -0.2) is 49.5 Å². The largest absolute Gasteiger partial charge is 0.465 e. The second kappa shape index (κ2) is 9.94. The first-order valence-corrected chi connectivity index (χ1v) is 12.0. The van der Waals surface area contributed by atoms with E-state index in [9.17, 15) is 9.59 Å². The Bertz CT molecular complexity index is 618. The first kappa shape index (κ1) is 22.0. The van der Waals surface area contributed by atoms with Crippen molar-refractivity contribution in [3.63, 3.8) is 0 Å². The number of hydrogen-bond acceptors (Lipinski definition) is 7. The molecule has 0 aromatic carbocycles. The molecule has 8 nitrogen and oxygen atoms in total. The zero-order chi connectivity index (χ0) is 21.1. The van der Waals surface area contributed by atoms with E-state index in [-0.39, 0.29) is 42.3 Å². The Hall–Kier alpha value is -1.22. The molecule has 2 aliphatic carbocycles. The summed E-state index contributed by atoms with van der Waals surface area (Å²) in [6, 6.07) is -0.0784. The summed E-state index contributed by atoms with van der Waals surface area (Å²) in [5, 5.41) is 10.1. The number of hydroxylamine groups is 1. The fourth-order valence-electron chi connectivity index (χ4n) is 6.01. The normalized spacial score (nSPS) is 41.3. The van der Waals surface area contributed by atoms with Crippen LogP contribution in [0.5, 0.6) is 0 Å². The Balaban J connectivity index is 1.26. The third kappa shape index (κ3) is 4.82. The predicted molar refractivity (Wildman–Crippen MR) is 112 cm³/mol. The number of rotatable bonds is 6. The van der Waals surface area contributed by atoms with Gasteiger partial charge in [-0.25, -0.2) is 0 Å². The van der Waals surface area contributed by atoms with Crippen molar-refractivity contribution in [3.8, 4) is 0 Å². The first-order chi connectivity index (χ1) is 14.6. The standard InChI is InChI=1S/C22H38N4O4/c1-3-19-25-20(26-30-19)14-5-7-16-13(11-14)6-8-17(16)24-21(27)15-9-10-23-18(12-15)22(28)29-4-2/h13-20,23,25-26H,3-12H2,1-2H3,(H,24,27)/t13?,14?,15?,16?,17-,18?,19?,20?/m1/s1. The van der Waals surface area contributed by atoms with Crippen molar-refractivity contribution in [1.29, 1.82) is 0 Å². The molecule has 2 aliphatic heterocycles. The number of fused-ring (bicyclic) bond motifs is 1. The van der Waals surface area contributed by atoms with Gasteiger partial charge in [0.05, 0.1) is 12.8 Å². The highest BCUT2D eigenvalue weighted by Gasteiger charge is 2.44. The zero-order valence-electron chi connectivity index (χ0n) is 18.3. The van der Waals surface area contributed by atoms with Gasteiger partial charge in [0.1, 0.15) is 12.3 Å². The molecule has 170 valence electrons. The smallest absolute Gasteiger partial charge is 0.323 e. The molecular weight excluding hydrogens is 384 g/mol. The van der Waals surface area contributed by atoms with E-state index < -0.39 is 0 Å². The molecule has 4 aliphatic rings. The number of piperidine rings is 1. The molecule has 8 heteroatoms. The van der Waals surface area contributed by atoms with E-state index in [1.807, 2.05) is 6.92 Å². The fraction of sp³-hybridized carbons (Fsp3) is 0.909. The summed E-state index contributed by atoms with van der Waals surface area (Å²) in [5.74, 6) is 1.63. The maximum atomic E-state index is 13.0. The lowest BCUT2D eigenvalue weighted by molar-refractivity contribution is -0.147. The van der Waals surface area contributed by atoms with Crippen molar-refractivity contribution in [3.05, 3.63) is 0 Å². The number of carbonyl (C=O) groups excluding carboxylic acids is 2. The maximum Gasteiger partial charge on any atom is 0.323 e. The lowest BCUT2D eigenvalue weighted by atomic mass is 9.73. The van der Waals surface area contributed by atoms with E-state index in [1.165, 1.54) is 12.8 Å². The van der Waals surface area contributed by atoms with E-state index in [4.69, 9.17) is 9.57 Å². The van der Waals surface area contributed by atoms with Gasteiger partial charge in [-0.3, -0.25) is 19.7 Å². The molecule has 0 bridgehead atoms. The molecule has 2 saturated carbocycles. The van der Waals surface area contributed by atoms with Crippen LogP contribution in [0.3, 0.4) is 0 Å². The molecule has 0 aromatic heterocycles. The van der Waals surface area contributed by atoms with Gasteiger partial charge in [-0.05, 0) is 82.6 Å². The van der Waals surface area contributed by atoms with Crippen LogP contribution in [0.4, 0.5) is 0 Å². The van der Waals surface area contributed by atoms with Gasteiger partial charge in [0.2, 0.25) is 5.91 Å². The summed E-state index contributed by atoms with van der Waals surface area (Å²) in [6.07, 6.45) is 8.42. The van der Waals surface area contributed by atoms with Gasteiger partial charge in [0.25, 0.3) is 0 Å². The molecule has 0 aromatic rings. The molecule has 2 heterocycles. The van der Waals surface area contributed by atoms with Gasteiger partial charge < -0.3 is 15.4 Å². The van der Waals surface area contributed by atoms with Crippen molar-refractivity contribution >= 4 is 11.9 Å². The van der Waals surface area contributed by atoms with Gasteiger partial charge >= 0.3 is 5.97 Å². The number of ether oxygens (including phenoxy) is 1. The Morgan fingerprint density at radius 3 is 2.67 bits per heavy atom. The van der Waals surface area contributed by atoms with Crippen LogP contribution < -0.4 is 21.4 Å². The summed E-state index contributed by atoms with van der Waals surface area (Å²) in [6.45, 7) is 4.99. The first-order valence-electron chi connectivity index (χ1n) is 12.0. The van der Waals surface area contributed by atoms with Gasteiger partial charge in [0.15, 0.2) is 0 Å². The average Bonchev–Trinajstić information content (AvgIpc) is 3.41. The number of nitrogens with one attached hydrogen (secondary N) is 4. The number of esters is 1. The van der Waals surface area contributed by atoms with Crippen molar-refractivity contribution < 1.29 is 19.2 Å². The Morgan fingerprint density at radius 2 is 1.90 bits per heavy atom. The molecule has 30 heavy (non-hydrogen) atoms. The van der Waals surface area contributed by atoms with Crippen LogP contribution in [0.15, 0.2) is 0 Å². The molecule has 4 fully saturated rings. The van der Waals surface area contributed by atoms with Crippen molar-refractivity contribution in [2.75, 3.05) is 13.2 Å². The molecule has 1 amide bonds. The second-order valence-electron chi connectivity index (χ2n) is 9.45. The molecule has 0 spiro atoms. The molecule has 0 radical (unpaired) electrons. The minimum Gasteiger partial charge on any atom is -0.465 e. The summed E-state index contributed by atoms with van der Waals surface area (Å²) in [5.41, 5.74) is 3.19. The minimum absolute atomic E-state index is 0.106. The Morgan fingerprint density at radius 1 is 1.07 bits per heavy atom. The highest BCUT2D eigenvalue weighted by molar-refractivity contribution is 5.82. The summed E-state index contributed by atoms with van der Waals surface area (Å²) in [7, 11) is 0. The summed E-state index contributed by atoms with van der Waals surface area (Å²) < 4.78 is 5.13. The molecule has 7 unspecified atom stereocenters. The number of hydrogen-bond donors (Lipinski definition) is 4. The lowest BCUT2D eigenvalue weighted by Gasteiger charge is -2.37. The zero-order valence-corrected chi connectivity index (χ0v) is 18.3. The molecular formula is C22H38N4O4. The third-order valence-electron chi connectivity index (χ3n) is 7.67. The van der Waals surface area contributed by atoms with Crippen LogP contribution in [0, 0.1) is 23.7 Å². The van der Waals surface area contributed by atoms with Crippen LogP contribution in [-0.2, 0) is 19.2 Å². The predicted octanol–water partition coefficient (Wildman–Crippen LogP) is 1.42. The van der Waals surface area contributed by atoms with Gasteiger partial charge in [-0.15, -0.1) is 0 Å². The van der Waals surface area contributed by atoms with E-state index in [0.717, 1.165) is 32.1 Å². The summed E-state index contributed by atoms with van der Waals surface area (Å²) in [4.78, 5) is 30.6. The highest BCUT2D eigenvalue weighted by atomic mass is 16.7. The number of amides is 1. The topological polar surface area (TPSA) is 101 Å². The maximum absolute atomic E-state index is 13.0. The second-order valence-corrected chi connectivity index (χ2v) is 9.45. The minimum atomic E-state index is -0.359. The van der Waals surface area contributed by atoms with Crippen molar-refractivity contribution in [2.24, 2.45) is 23.7 Å². The van der Waals surface area contributed by atoms with Gasteiger partial charge in [0, 0.05) is 12.0 Å². The Labute approximate surface area is 179 Å². The van der Waals surface area contributed by atoms with Gasteiger partial charge in [-0.2, -0.15) is 5.48 Å². The SMILES string of the molecule is CCOC(=O)C1CC(C(=O)N[C@@H]2CCC3CC(C4NOC(CC)N4)CCC32)CCN1. The molecule has 4 N–H and O–H groups in total. The highest BCUT2D eigenvalue weighted by Crippen LogP contribution is 2.45. The van der Waals surface area contributed by atoms with Crippen LogP contribution >= 0.6 is 0 Å². The molecule has 4 rings (SSSR count). The number of carbonyl (C=O) groups is 2. The average molecular weight is 423 g/mol. The van der Waals surface area contributed by atoms with Crippen molar-refractivity contribution in [2.45, 2.75) is 89.7 Å². The van der Waals surface area contributed by atoms with Crippen LogP contribution in [0.25, 0.3) is 0 Å². The molecule has 8 atom stereocenters. The monoisotopic (exact) mass is 422 g/mol. The Kier molecular flexibility index (Phi) is 7.28. The van der Waals surface area contributed by atoms with E-state index in [1.54, 1.807) is 0 Å².